The summed E-state index contributed by atoms with van der Waals surface area (Å²) >= 11 is 2.22. The van der Waals surface area contributed by atoms with E-state index in [1.54, 1.807) is 0 Å². The summed E-state index contributed by atoms with van der Waals surface area (Å²) < 4.78 is 0. The van der Waals surface area contributed by atoms with E-state index in [1.165, 1.54) is 77.0 Å². The first kappa shape index (κ1) is 19.2. The Morgan fingerprint density at radius 2 is 1.35 bits per heavy atom. The van der Waals surface area contributed by atoms with Crippen LogP contribution >= 0.6 is 18.8 Å². The van der Waals surface area contributed by atoms with Gasteiger partial charge in [-0.3, -0.25) is 0 Å². The van der Waals surface area contributed by atoms with Crippen molar-refractivity contribution in [3.05, 3.63) is 11.9 Å². The van der Waals surface area contributed by atoms with E-state index in [2.05, 4.69) is 48.8 Å². The van der Waals surface area contributed by atoms with Gasteiger partial charge in [-0.1, -0.05) is 76.1 Å². The van der Waals surface area contributed by atoms with Gasteiger partial charge in [-0.05, 0) is 30.6 Å². The predicted octanol–water partition coefficient (Wildman–Crippen LogP) is 6.62. The van der Waals surface area contributed by atoms with Gasteiger partial charge in [-0.15, -0.1) is 9.24 Å². The van der Waals surface area contributed by atoms with E-state index in [0.717, 1.165) is 17.8 Å². The standard InChI is InChI=1S/C17H31P.ClH.Pd/c18-14-8-7-13-17(15-9-3-1-4-10-15)16-11-5-2-6-12-16;;/h8,14-17H,1-7,9-13,18H2;1H;/q;;+1/p-1. The summed E-state index contributed by atoms with van der Waals surface area (Å²) in [6.07, 6.45) is 20.3. The van der Waals surface area contributed by atoms with Gasteiger partial charge >= 0.3 is 27.7 Å². The maximum absolute atomic E-state index is 4.49. The van der Waals surface area contributed by atoms with Gasteiger partial charge in [0.15, 0.2) is 0 Å². The normalized spacial score (nSPS) is 22.1. The number of hydrogen-bond donors (Lipinski definition) is 0. The van der Waals surface area contributed by atoms with Crippen LogP contribution in [0.4, 0.5) is 0 Å². The van der Waals surface area contributed by atoms with E-state index < -0.39 is 0 Å². The van der Waals surface area contributed by atoms with Gasteiger partial charge in [0.05, 0.1) is 0 Å². The van der Waals surface area contributed by atoms with Gasteiger partial charge in [0.2, 0.25) is 0 Å². The Morgan fingerprint density at radius 1 is 0.900 bits per heavy atom. The molecule has 3 heteroatoms. The third-order valence-electron chi connectivity index (χ3n) is 5.31. The molecule has 0 radical (unpaired) electrons. The summed E-state index contributed by atoms with van der Waals surface area (Å²) in [7, 11) is 7.21. The molecule has 20 heavy (non-hydrogen) atoms. The molecule has 121 valence electrons. The first-order chi connectivity index (χ1) is 9.92. The molecular formula is C17H31ClPPd. The zero-order valence-corrected chi connectivity index (χ0v) is 16.1. The summed E-state index contributed by atoms with van der Waals surface area (Å²) in [5.41, 5.74) is 0. The van der Waals surface area contributed by atoms with Gasteiger partial charge in [0.1, 0.15) is 0 Å². The second-order valence-corrected chi connectivity index (χ2v) is 6.85. The van der Waals surface area contributed by atoms with Crippen LogP contribution in [0.25, 0.3) is 0 Å². The molecule has 2 rings (SSSR count). The van der Waals surface area contributed by atoms with Crippen LogP contribution in [0.1, 0.15) is 77.0 Å². The number of allylic oxidation sites excluding steroid dienone is 1. The molecule has 2 aliphatic carbocycles. The molecule has 0 spiro atoms. The summed E-state index contributed by atoms with van der Waals surface area (Å²) in [6.45, 7) is 0. The van der Waals surface area contributed by atoms with Crippen molar-refractivity contribution >= 4 is 18.8 Å². The summed E-state index contributed by atoms with van der Waals surface area (Å²) in [5.74, 6) is 5.34. The Balaban J connectivity index is 0.000000956. The number of halogens is 1. The predicted molar refractivity (Wildman–Crippen MR) is 90.6 cm³/mol. The topological polar surface area (TPSA) is 0 Å². The van der Waals surface area contributed by atoms with Crippen molar-refractivity contribution in [3.63, 3.8) is 0 Å². The van der Waals surface area contributed by atoms with Crippen molar-refractivity contribution in [2.75, 3.05) is 0 Å². The van der Waals surface area contributed by atoms with Crippen LogP contribution in [0.5, 0.6) is 0 Å². The van der Waals surface area contributed by atoms with Crippen molar-refractivity contribution in [1.82, 2.24) is 0 Å². The molecule has 0 nitrogen and oxygen atoms in total. The first-order valence-corrected chi connectivity index (χ1v) is 11.1. The Kier molecular flexibility index (Phi) is 12.1. The molecule has 2 aliphatic rings. The van der Waals surface area contributed by atoms with Gasteiger partial charge in [0, 0.05) is 0 Å². The Labute approximate surface area is 143 Å². The molecule has 0 saturated heterocycles. The van der Waals surface area contributed by atoms with Crippen molar-refractivity contribution in [3.8, 4) is 0 Å². The van der Waals surface area contributed by atoms with Crippen LogP contribution in [0.15, 0.2) is 11.9 Å². The fourth-order valence-electron chi connectivity index (χ4n) is 4.37. The average molecular weight is 408 g/mol. The molecule has 2 fully saturated rings. The van der Waals surface area contributed by atoms with Crippen molar-refractivity contribution < 1.29 is 18.2 Å². The average Bonchev–Trinajstić information content (AvgIpc) is 2.55. The minimum atomic E-state index is 1.05. The van der Waals surface area contributed by atoms with E-state index in [9.17, 15) is 0 Å². The fraction of sp³-hybridized carbons (Fsp3) is 0.882. The fourth-order valence-corrected chi connectivity index (χ4v) is 4.56. The molecule has 0 aromatic heterocycles. The Morgan fingerprint density at radius 3 is 1.75 bits per heavy atom. The SMILES string of the molecule is PC=CCCC(C1CCCCC1)C1CCCCC1.[Cl][Pd]. The van der Waals surface area contributed by atoms with Gasteiger partial charge in [-0.25, -0.2) is 0 Å². The first-order valence-electron chi connectivity index (χ1n) is 8.40. The Hall–Kier alpha value is 1.12. The second-order valence-electron chi connectivity index (χ2n) is 6.47. The van der Waals surface area contributed by atoms with Crippen LogP contribution in [-0.2, 0) is 18.2 Å². The van der Waals surface area contributed by atoms with E-state index >= 15 is 0 Å². The van der Waals surface area contributed by atoms with Gasteiger partial charge < -0.3 is 0 Å². The van der Waals surface area contributed by atoms with Crippen molar-refractivity contribution in [1.29, 1.82) is 0 Å². The van der Waals surface area contributed by atoms with Gasteiger partial charge in [-0.2, -0.15) is 0 Å². The van der Waals surface area contributed by atoms with Crippen molar-refractivity contribution in [2.45, 2.75) is 77.0 Å². The van der Waals surface area contributed by atoms with Crippen LogP contribution in [0.3, 0.4) is 0 Å². The summed E-state index contributed by atoms with van der Waals surface area (Å²) in [4.78, 5) is 0. The van der Waals surface area contributed by atoms with Crippen molar-refractivity contribution in [2.24, 2.45) is 17.8 Å². The molecular weight excluding hydrogens is 377 g/mol. The third-order valence-corrected chi connectivity index (χ3v) is 5.59. The molecule has 1 unspecified atom stereocenters. The molecule has 2 saturated carbocycles. The third kappa shape index (κ3) is 6.92. The van der Waals surface area contributed by atoms with Crippen LogP contribution < -0.4 is 0 Å². The second kappa shape index (κ2) is 12.6. The molecule has 0 N–H and O–H groups in total. The zero-order valence-electron chi connectivity index (χ0n) is 12.6. The Bertz CT molecular complexity index is 227. The molecule has 0 aliphatic heterocycles. The number of rotatable bonds is 5. The zero-order chi connectivity index (χ0) is 14.6. The van der Waals surface area contributed by atoms with Crippen LogP contribution in [0, 0.1) is 17.8 Å². The molecule has 0 aromatic rings. The van der Waals surface area contributed by atoms with Crippen LogP contribution in [0.2, 0.25) is 0 Å². The van der Waals surface area contributed by atoms with E-state index in [-0.39, 0.29) is 0 Å². The molecule has 0 aromatic carbocycles. The quantitative estimate of drug-likeness (QED) is 0.354. The minimum absolute atomic E-state index is 1.05. The van der Waals surface area contributed by atoms with Gasteiger partial charge in [0.25, 0.3) is 0 Å². The molecule has 0 amide bonds. The molecule has 0 heterocycles. The summed E-state index contributed by atoms with van der Waals surface area (Å²) in [6, 6.07) is 0. The molecule has 1 atom stereocenters. The monoisotopic (exact) mass is 407 g/mol. The van der Waals surface area contributed by atoms with Crippen LogP contribution in [-0.4, -0.2) is 0 Å². The van der Waals surface area contributed by atoms with E-state index in [4.69, 9.17) is 0 Å². The maximum atomic E-state index is 4.49. The number of hydrogen-bond acceptors (Lipinski definition) is 0. The summed E-state index contributed by atoms with van der Waals surface area (Å²) in [5, 5.41) is 0. The molecule has 0 bridgehead atoms. The van der Waals surface area contributed by atoms with E-state index in [1.807, 2.05) is 0 Å². The van der Waals surface area contributed by atoms with E-state index in [0.29, 0.717) is 0 Å².